The van der Waals surface area contributed by atoms with Crippen molar-refractivity contribution in [3.8, 4) is 5.75 Å². The molecule has 172 valence electrons. The molecule has 1 unspecified atom stereocenters. The van der Waals surface area contributed by atoms with E-state index in [1.54, 1.807) is 17.0 Å². The first-order chi connectivity index (χ1) is 15.8. The van der Waals surface area contributed by atoms with Gasteiger partial charge in [-0.05, 0) is 56.5 Å². The van der Waals surface area contributed by atoms with E-state index < -0.39 is 22.7 Å². The Balaban J connectivity index is 1.84. The number of aliphatic hydroxyl groups is 1. The average molecular weight is 450 g/mol. The molecule has 1 N–H and O–H groups in total. The number of ketones is 1. The molecule has 2 aromatic carbocycles. The highest BCUT2D eigenvalue weighted by Gasteiger charge is 2.49. The Bertz CT molecular complexity index is 1120. The Hall–Kier alpha value is -3.68. The van der Waals surface area contributed by atoms with Gasteiger partial charge in [-0.1, -0.05) is 25.0 Å². The predicted molar refractivity (Wildman–Crippen MR) is 122 cm³/mol. The molecule has 2 aliphatic rings. The average Bonchev–Trinajstić information content (AvgIpc) is 3.40. The SMILES string of the molecule is CC(C)Oc1cccc(C2/C(=C(\O)c3ccc([N+](=O)[O-])cc3)C(=O)C(=O)N2C2CCCC2)c1. The van der Waals surface area contributed by atoms with Crippen LogP contribution >= 0.6 is 0 Å². The van der Waals surface area contributed by atoms with Crippen molar-refractivity contribution in [3.05, 3.63) is 75.3 Å². The molecule has 2 fully saturated rings. The molecule has 0 bridgehead atoms. The van der Waals surface area contributed by atoms with Gasteiger partial charge in [-0.2, -0.15) is 0 Å². The molecule has 0 spiro atoms. The first-order valence-electron chi connectivity index (χ1n) is 11.1. The van der Waals surface area contributed by atoms with E-state index in [0.717, 1.165) is 25.7 Å². The number of Topliss-reactive ketones (excluding diaryl/α,β-unsaturated/α-hetero) is 1. The Morgan fingerprint density at radius 3 is 2.39 bits per heavy atom. The van der Waals surface area contributed by atoms with E-state index in [1.165, 1.54) is 24.3 Å². The molecule has 2 aromatic rings. The molecule has 33 heavy (non-hydrogen) atoms. The highest BCUT2D eigenvalue weighted by atomic mass is 16.6. The normalized spacial score (nSPS) is 20.6. The molecular formula is C25H26N2O6. The van der Waals surface area contributed by atoms with Crippen molar-refractivity contribution in [1.29, 1.82) is 0 Å². The number of hydrogen-bond donors (Lipinski definition) is 1. The van der Waals surface area contributed by atoms with Crippen LogP contribution in [0.1, 0.15) is 56.7 Å². The molecule has 0 aromatic heterocycles. The molecule has 1 saturated heterocycles. The van der Waals surface area contributed by atoms with Gasteiger partial charge < -0.3 is 14.7 Å². The van der Waals surface area contributed by atoms with E-state index in [2.05, 4.69) is 0 Å². The van der Waals surface area contributed by atoms with E-state index in [4.69, 9.17) is 4.74 Å². The molecule has 1 aliphatic heterocycles. The van der Waals surface area contributed by atoms with Gasteiger partial charge in [0.15, 0.2) is 0 Å². The molecule has 8 heteroatoms. The highest BCUT2D eigenvalue weighted by Crippen LogP contribution is 2.44. The van der Waals surface area contributed by atoms with E-state index >= 15 is 0 Å². The number of hydrogen-bond acceptors (Lipinski definition) is 6. The molecule has 1 saturated carbocycles. The minimum atomic E-state index is -0.765. The zero-order valence-electron chi connectivity index (χ0n) is 18.6. The van der Waals surface area contributed by atoms with Crippen LogP contribution in [-0.4, -0.2) is 38.8 Å². The summed E-state index contributed by atoms with van der Waals surface area (Å²) in [6.07, 6.45) is 3.48. The fourth-order valence-corrected chi connectivity index (χ4v) is 4.66. The minimum absolute atomic E-state index is 0.0116. The standard InChI is InChI=1S/C25H26N2O6/c1-15(2)33-20-9-5-6-17(14-20)22-21(23(28)16-10-12-19(13-11-16)27(31)32)24(29)25(30)26(22)18-7-3-4-8-18/h5-6,9-15,18,22,28H,3-4,7-8H2,1-2H3/b23-21+. The first kappa shape index (κ1) is 22.5. The van der Waals surface area contributed by atoms with Crippen molar-refractivity contribution in [2.45, 2.75) is 57.7 Å². The van der Waals surface area contributed by atoms with Crippen LogP contribution in [0.15, 0.2) is 54.1 Å². The van der Waals surface area contributed by atoms with E-state index in [9.17, 15) is 24.8 Å². The topological polar surface area (TPSA) is 110 Å². The van der Waals surface area contributed by atoms with Crippen molar-refractivity contribution in [2.24, 2.45) is 0 Å². The largest absolute Gasteiger partial charge is 0.507 e. The van der Waals surface area contributed by atoms with Crippen molar-refractivity contribution in [2.75, 3.05) is 0 Å². The highest BCUT2D eigenvalue weighted by molar-refractivity contribution is 6.46. The second kappa shape index (κ2) is 9.05. The zero-order valence-corrected chi connectivity index (χ0v) is 18.6. The number of nitro benzene ring substituents is 1. The van der Waals surface area contributed by atoms with Crippen molar-refractivity contribution in [1.82, 2.24) is 4.90 Å². The summed E-state index contributed by atoms with van der Waals surface area (Å²) >= 11 is 0. The van der Waals surface area contributed by atoms with Crippen LogP contribution in [0.5, 0.6) is 5.75 Å². The summed E-state index contributed by atoms with van der Waals surface area (Å²) in [6.45, 7) is 3.82. The number of non-ortho nitro benzene ring substituents is 1. The maximum Gasteiger partial charge on any atom is 0.295 e. The van der Waals surface area contributed by atoms with Crippen LogP contribution in [0.3, 0.4) is 0 Å². The second-order valence-corrected chi connectivity index (χ2v) is 8.69. The van der Waals surface area contributed by atoms with Crippen LogP contribution < -0.4 is 4.74 Å². The lowest BCUT2D eigenvalue weighted by atomic mass is 9.94. The summed E-state index contributed by atoms with van der Waals surface area (Å²) in [5.41, 5.74) is 0.766. The lowest BCUT2D eigenvalue weighted by Gasteiger charge is -2.31. The first-order valence-corrected chi connectivity index (χ1v) is 11.1. The fourth-order valence-electron chi connectivity index (χ4n) is 4.66. The van der Waals surface area contributed by atoms with Gasteiger partial charge in [-0.15, -0.1) is 0 Å². The van der Waals surface area contributed by atoms with Crippen molar-refractivity contribution >= 4 is 23.1 Å². The maximum absolute atomic E-state index is 13.2. The smallest absolute Gasteiger partial charge is 0.295 e. The van der Waals surface area contributed by atoms with Crippen LogP contribution in [0.25, 0.3) is 5.76 Å². The number of ether oxygens (including phenoxy) is 1. The number of benzene rings is 2. The lowest BCUT2D eigenvalue weighted by Crippen LogP contribution is -2.37. The van der Waals surface area contributed by atoms with Crippen LogP contribution in [-0.2, 0) is 9.59 Å². The predicted octanol–water partition coefficient (Wildman–Crippen LogP) is 4.75. The third-order valence-corrected chi connectivity index (χ3v) is 6.10. The number of aliphatic hydroxyl groups excluding tert-OH is 1. The Morgan fingerprint density at radius 1 is 1.12 bits per heavy atom. The zero-order chi connectivity index (χ0) is 23.7. The van der Waals surface area contributed by atoms with Gasteiger partial charge in [-0.25, -0.2) is 0 Å². The van der Waals surface area contributed by atoms with E-state index in [-0.39, 0.29) is 34.7 Å². The monoisotopic (exact) mass is 450 g/mol. The summed E-state index contributed by atoms with van der Waals surface area (Å²) in [5, 5.41) is 22.1. The Kier molecular flexibility index (Phi) is 6.18. The molecule has 1 aliphatic carbocycles. The number of carbonyl (C=O) groups is 2. The third-order valence-electron chi connectivity index (χ3n) is 6.10. The number of nitro groups is 1. The van der Waals surface area contributed by atoms with Crippen molar-refractivity contribution in [3.63, 3.8) is 0 Å². The number of amides is 1. The maximum atomic E-state index is 13.2. The van der Waals surface area contributed by atoms with Gasteiger partial charge in [0.2, 0.25) is 0 Å². The minimum Gasteiger partial charge on any atom is -0.507 e. The number of rotatable bonds is 6. The van der Waals surface area contributed by atoms with Gasteiger partial charge in [0.1, 0.15) is 11.5 Å². The summed E-state index contributed by atoms with van der Waals surface area (Å²) in [5.74, 6) is -1.12. The van der Waals surface area contributed by atoms with Gasteiger partial charge in [0, 0.05) is 23.7 Å². The van der Waals surface area contributed by atoms with Gasteiger partial charge in [0.25, 0.3) is 17.4 Å². The molecule has 8 nitrogen and oxygen atoms in total. The van der Waals surface area contributed by atoms with E-state index in [0.29, 0.717) is 11.3 Å². The lowest BCUT2D eigenvalue weighted by molar-refractivity contribution is -0.384. The number of carbonyl (C=O) groups excluding carboxylic acids is 2. The Morgan fingerprint density at radius 2 is 1.79 bits per heavy atom. The van der Waals surface area contributed by atoms with Gasteiger partial charge in [-0.3, -0.25) is 19.7 Å². The summed E-state index contributed by atoms with van der Waals surface area (Å²) in [4.78, 5) is 38.3. The second-order valence-electron chi connectivity index (χ2n) is 8.69. The quantitative estimate of drug-likeness (QED) is 0.224. The summed E-state index contributed by atoms with van der Waals surface area (Å²) in [6, 6.07) is 11.6. The fraction of sp³-hybridized carbons (Fsp3) is 0.360. The number of likely N-dealkylation sites (tertiary alicyclic amines) is 1. The molecule has 1 atom stereocenters. The molecule has 4 rings (SSSR count). The van der Waals surface area contributed by atoms with Crippen LogP contribution in [0.2, 0.25) is 0 Å². The molecular weight excluding hydrogens is 424 g/mol. The van der Waals surface area contributed by atoms with Gasteiger partial charge >= 0.3 is 0 Å². The number of nitrogens with zero attached hydrogens (tertiary/aromatic N) is 2. The molecule has 0 radical (unpaired) electrons. The van der Waals surface area contributed by atoms with Gasteiger partial charge in [0.05, 0.1) is 22.6 Å². The van der Waals surface area contributed by atoms with Crippen LogP contribution in [0, 0.1) is 10.1 Å². The summed E-state index contributed by atoms with van der Waals surface area (Å²) in [7, 11) is 0. The third kappa shape index (κ3) is 4.33. The summed E-state index contributed by atoms with van der Waals surface area (Å²) < 4.78 is 5.81. The molecule has 1 amide bonds. The van der Waals surface area contributed by atoms with E-state index in [1.807, 2.05) is 26.0 Å². The van der Waals surface area contributed by atoms with Crippen LogP contribution in [0.4, 0.5) is 5.69 Å². The van der Waals surface area contributed by atoms with Crippen molar-refractivity contribution < 1.29 is 24.4 Å². The Labute approximate surface area is 191 Å². The molecule has 1 heterocycles.